The highest BCUT2D eigenvalue weighted by atomic mass is 32.2. The molecule has 0 saturated heterocycles. The van der Waals surface area contributed by atoms with E-state index in [0.717, 1.165) is 22.3 Å². The van der Waals surface area contributed by atoms with Gasteiger partial charge in [-0.3, -0.25) is 0 Å². The highest BCUT2D eigenvalue weighted by Gasteiger charge is 2.38. The van der Waals surface area contributed by atoms with Crippen LogP contribution < -0.4 is 5.32 Å². The Labute approximate surface area is 233 Å². The van der Waals surface area contributed by atoms with Crippen molar-refractivity contribution in [3.8, 4) is 0 Å². The Bertz CT molecular complexity index is 1450. The number of carboxylic acid groups (broad SMARTS) is 1. The number of aliphatic carboxylic acids is 1. The summed E-state index contributed by atoms with van der Waals surface area (Å²) in [6.45, 7) is 6.43. The highest BCUT2D eigenvalue weighted by Crippen LogP contribution is 2.48. The maximum atomic E-state index is 12.5. The number of carboxylic acids is 1. The number of rotatable bonds is 9. The molecular formula is C33H32N2O3S. The molecule has 1 atom stereocenters. The van der Waals surface area contributed by atoms with Crippen LogP contribution in [0.2, 0.25) is 0 Å². The van der Waals surface area contributed by atoms with Crippen LogP contribution in [0.1, 0.15) is 43.0 Å². The van der Waals surface area contributed by atoms with Crippen LogP contribution in [0.5, 0.6) is 0 Å². The summed E-state index contributed by atoms with van der Waals surface area (Å²) < 4.78 is 5.28. The molecule has 1 aromatic heterocycles. The lowest BCUT2D eigenvalue weighted by Crippen LogP contribution is -2.35. The standard InChI is InChI=1S/C33H32N2O3S/c1-32(2,3)26-19-20-29-27(21-26)34-31(38-29)35-28(30(36)37)22-39-33(23-13-7-4-8-14-23,24-15-9-5-10-16-24)25-17-11-6-12-18-25/h4-21,28H,22H2,1-3H3,(H,34,35)(H,36,37). The Morgan fingerprint density at radius 2 is 1.33 bits per heavy atom. The van der Waals surface area contributed by atoms with Gasteiger partial charge in [0.25, 0.3) is 6.01 Å². The van der Waals surface area contributed by atoms with Crippen LogP contribution in [0.4, 0.5) is 6.01 Å². The quantitative estimate of drug-likeness (QED) is 0.188. The summed E-state index contributed by atoms with van der Waals surface area (Å²) in [5, 5.41) is 13.3. The summed E-state index contributed by atoms with van der Waals surface area (Å²) in [5.74, 6) is -0.705. The molecule has 1 heterocycles. The van der Waals surface area contributed by atoms with Crippen molar-refractivity contribution >= 4 is 34.8 Å². The first-order valence-corrected chi connectivity index (χ1v) is 14.0. The molecule has 5 rings (SSSR count). The molecule has 2 N–H and O–H groups in total. The number of benzene rings is 4. The lowest BCUT2D eigenvalue weighted by atomic mass is 9.84. The second-order valence-corrected chi connectivity index (χ2v) is 11.8. The third kappa shape index (κ3) is 5.57. The minimum Gasteiger partial charge on any atom is -0.480 e. The van der Waals surface area contributed by atoms with E-state index < -0.39 is 16.8 Å². The summed E-state index contributed by atoms with van der Waals surface area (Å²) in [6, 6.07) is 35.9. The number of aromatic nitrogens is 1. The van der Waals surface area contributed by atoms with Gasteiger partial charge < -0.3 is 14.8 Å². The molecule has 4 aromatic carbocycles. The number of hydrogen-bond donors (Lipinski definition) is 2. The normalized spacial score (nSPS) is 12.8. The van der Waals surface area contributed by atoms with Crippen LogP contribution in [-0.2, 0) is 15.0 Å². The Morgan fingerprint density at radius 3 is 1.79 bits per heavy atom. The van der Waals surface area contributed by atoms with Crippen LogP contribution in [0, 0.1) is 0 Å². The van der Waals surface area contributed by atoms with Crippen LogP contribution in [-0.4, -0.2) is 27.9 Å². The van der Waals surface area contributed by atoms with E-state index in [2.05, 4.69) is 67.5 Å². The number of carbonyl (C=O) groups is 1. The number of nitrogens with one attached hydrogen (secondary N) is 1. The molecule has 0 radical (unpaired) electrons. The zero-order chi connectivity index (χ0) is 27.5. The summed E-state index contributed by atoms with van der Waals surface area (Å²) in [7, 11) is 0. The van der Waals surface area contributed by atoms with E-state index in [4.69, 9.17) is 4.42 Å². The molecule has 39 heavy (non-hydrogen) atoms. The summed E-state index contributed by atoms with van der Waals surface area (Å²) in [5.41, 5.74) is 5.66. The van der Waals surface area contributed by atoms with Gasteiger partial charge in [-0.05, 0) is 39.8 Å². The molecule has 0 aliphatic heterocycles. The smallest absolute Gasteiger partial charge is 0.327 e. The average molecular weight is 537 g/mol. The first-order chi connectivity index (χ1) is 18.8. The maximum absolute atomic E-state index is 12.5. The first-order valence-electron chi connectivity index (χ1n) is 13.0. The molecule has 0 aliphatic carbocycles. The van der Waals surface area contributed by atoms with Crippen molar-refractivity contribution in [3.05, 3.63) is 131 Å². The zero-order valence-corrected chi connectivity index (χ0v) is 23.1. The van der Waals surface area contributed by atoms with Crippen LogP contribution >= 0.6 is 11.8 Å². The number of thioether (sulfide) groups is 1. The number of anilines is 1. The van der Waals surface area contributed by atoms with Gasteiger partial charge in [-0.15, -0.1) is 11.8 Å². The molecule has 0 amide bonds. The van der Waals surface area contributed by atoms with E-state index in [-0.39, 0.29) is 17.2 Å². The predicted molar refractivity (Wildman–Crippen MR) is 159 cm³/mol. The van der Waals surface area contributed by atoms with Gasteiger partial charge in [0.05, 0.1) is 4.75 Å². The molecule has 0 fully saturated rings. The SMILES string of the molecule is CC(C)(C)c1ccc2oc(NC(CSC(c3ccccc3)(c3ccccc3)c3ccccc3)C(=O)O)nc2c1. The Kier molecular flexibility index (Phi) is 7.49. The van der Waals surface area contributed by atoms with Gasteiger partial charge in [-0.1, -0.05) is 118 Å². The van der Waals surface area contributed by atoms with E-state index in [0.29, 0.717) is 11.1 Å². The van der Waals surface area contributed by atoms with Crippen LogP contribution in [0.3, 0.4) is 0 Å². The Hall–Kier alpha value is -4.03. The van der Waals surface area contributed by atoms with Crippen LogP contribution in [0.25, 0.3) is 11.1 Å². The topological polar surface area (TPSA) is 75.4 Å². The second kappa shape index (κ2) is 11.0. The third-order valence-corrected chi connectivity index (χ3v) is 8.50. The first kappa shape index (κ1) is 26.6. The third-order valence-electron chi connectivity index (χ3n) is 6.86. The van der Waals surface area contributed by atoms with Gasteiger partial charge in [0.2, 0.25) is 0 Å². The molecule has 5 nitrogen and oxygen atoms in total. The summed E-state index contributed by atoms with van der Waals surface area (Å²) in [4.78, 5) is 17.1. The number of fused-ring (bicyclic) bond motifs is 1. The van der Waals surface area contributed by atoms with Crippen molar-refractivity contribution in [2.75, 3.05) is 11.1 Å². The molecule has 5 aromatic rings. The lowest BCUT2D eigenvalue weighted by Gasteiger charge is -2.36. The van der Waals surface area contributed by atoms with Crippen LogP contribution in [0.15, 0.2) is 114 Å². The molecule has 0 spiro atoms. The Morgan fingerprint density at radius 1 is 0.821 bits per heavy atom. The van der Waals surface area contributed by atoms with Gasteiger partial charge >= 0.3 is 5.97 Å². The van der Waals surface area contributed by atoms with E-state index in [1.54, 1.807) is 11.8 Å². The van der Waals surface area contributed by atoms with Gasteiger partial charge in [0.15, 0.2) is 5.58 Å². The van der Waals surface area contributed by atoms with Crippen molar-refractivity contribution in [2.45, 2.75) is 37.0 Å². The van der Waals surface area contributed by atoms with E-state index in [9.17, 15) is 9.90 Å². The van der Waals surface area contributed by atoms with E-state index in [1.165, 1.54) is 0 Å². The fourth-order valence-electron chi connectivity index (χ4n) is 4.76. The Balaban J connectivity index is 1.50. The minimum absolute atomic E-state index is 0.0311. The fraction of sp³-hybridized carbons (Fsp3) is 0.212. The van der Waals surface area contributed by atoms with E-state index in [1.807, 2.05) is 72.8 Å². The van der Waals surface area contributed by atoms with Gasteiger partial charge in [-0.25, -0.2) is 4.79 Å². The minimum atomic E-state index is -0.969. The molecule has 1 unspecified atom stereocenters. The molecule has 0 aliphatic rings. The lowest BCUT2D eigenvalue weighted by molar-refractivity contribution is -0.137. The van der Waals surface area contributed by atoms with Gasteiger partial charge in [0, 0.05) is 5.75 Å². The molecular weight excluding hydrogens is 504 g/mol. The van der Waals surface area contributed by atoms with Crippen molar-refractivity contribution in [1.29, 1.82) is 0 Å². The van der Waals surface area contributed by atoms with Crippen molar-refractivity contribution in [2.24, 2.45) is 0 Å². The molecule has 0 bridgehead atoms. The zero-order valence-electron chi connectivity index (χ0n) is 22.3. The number of hydrogen-bond acceptors (Lipinski definition) is 5. The molecule has 198 valence electrons. The number of oxazole rings is 1. The predicted octanol–water partition coefficient (Wildman–Crippen LogP) is 7.72. The van der Waals surface area contributed by atoms with E-state index >= 15 is 0 Å². The summed E-state index contributed by atoms with van der Waals surface area (Å²) >= 11 is 1.58. The maximum Gasteiger partial charge on any atom is 0.327 e. The van der Waals surface area contributed by atoms with Crippen molar-refractivity contribution < 1.29 is 14.3 Å². The fourth-order valence-corrected chi connectivity index (χ4v) is 6.31. The largest absolute Gasteiger partial charge is 0.480 e. The molecule has 6 heteroatoms. The second-order valence-electron chi connectivity index (χ2n) is 10.6. The van der Waals surface area contributed by atoms with Crippen molar-refractivity contribution in [3.63, 3.8) is 0 Å². The monoisotopic (exact) mass is 536 g/mol. The summed E-state index contributed by atoms with van der Waals surface area (Å²) in [6.07, 6.45) is 0. The molecule has 0 saturated carbocycles. The number of nitrogens with zero attached hydrogens (tertiary/aromatic N) is 1. The van der Waals surface area contributed by atoms with Gasteiger partial charge in [-0.2, -0.15) is 4.98 Å². The van der Waals surface area contributed by atoms with Gasteiger partial charge in [0.1, 0.15) is 11.6 Å². The average Bonchev–Trinajstić information content (AvgIpc) is 3.36. The van der Waals surface area contributed by atoms with Crippen molar-refractivity contribution in [1.82, 2.24) is 4.98 Å². The highest BCUT2D eigenvalue weighted by molar-refractivity contribution is 8.00.